The first-order valence-corrected chi connectivity index (χ1v) is 6.72. The van der Waals surface area contributed by atoms with Crippen LogP contribution in [0.15, 0.2) is 12.3 Å². The molecule has 1 saturated carbocycles. The van der Waals surface area contributed by atoms with Gasteiger partial charge in [0.1, 0.15) is 16.8 Å². The lowest BCUT2D eigenvalue weighted by Gasteiger charge is -2.17. The molecule has 1 atom stereocenters. The molecule has 0 aliphatic heterocycles. The summed E-state index contributed by atoms with van der Waals surface area (Å²) in [5.41, 5.74) is 7.35. The van der Waals surface area contributed by atoms with Gasteiger partial charge in [0, 0.05) is 12.2 Å². The van der Waals surface area contributed by atoms with E-state index in [9.17, 15) is 4.79 Å². The third-order valence-corrected chi connectivity index (χ3v) is 3.28. The van der Waals surface area contributed by atoms with Crippen LogP contribution in [-0.4, -0.2) is 28.0 Å². The van der Waals surface area contributed by atoms with Crippen molar-refractivity contribution < 1.29 is 4.79 Å². The summed E-state index contributed by atoms with van der Waals surface area (Å²) in [4.78, 5) is 16.4. The summed E-state index contributed by atoms with van der Waals surface area (Å²) in [7, 11) is 0. The zero-order valence-corrected chi connectivity index (χ0v) is 11.9. The Labute approximate surface area is 118 Å². The number of thiocarbonyl (C=S) groups is 1. The smallest absolute Gasteiger partial charge is 0.242 e. The van der Waals surface area contributed by atoms with Crippen LogP contribution in [0.2, 0.25) is 0 Å². The van der Waals surface area contributed by atoms with Crippen LogP contribution >= 0.6 is 12.2 Å². The summed E-state index contributed by atoms with van der Waals surface area (Å²) in [6.07, 6.45) is 3.81. The third kappa shape index (κ3) is 3.41. The van der Waals surface area contributed by atoms with Crippen molar-refractivity contribution in [1.82, 2.24) is 10.3 Å². The average molecular weight is 278 g/mol. The lowest BCUT2D eigenvalue weighted by Crippen LogP contribution is -2.39. The molecule has 1 unspecified atom stereocenters. The Balaban J connectivity index is 2.11. The minimum atomic E-state index is -0.372. The fourth-order valence-corrected chi connectivity index (χ4v) is 2.06. The molecule has 4 N–H and O–H groups in total. The minimum Gasteiger partial charge on any atom is -0.389 e. The minimum absolute atomic E-state index is 0.0281. The highest BCUT2D eigenvalue weighted by molar-refractivity contribution is 7.80. The fraction of sp³-hybridized carbons (Fsp3) is 0.462. The van der Waals surface area contributed by atoms with Crippen molar-refractivity contribution in [3.63, 3.8) is 0 Å². The Bertz CT molecular complexity index is 513. The van der Waals surface area contributed by atoms with E-state index in [1.165, 1.54) is 0 Å². The van der Waals surface area contributed by atoms with Crippen LogP contribution in [0.5, 0.6) is 0 Å². The summed E-state index contributed by atoms with van der Waals surface area (Å²) in [6, 6.07) is 1.81. The van der Waals surface area contributed by atoms with Gasteiger partial charge in [0.15, 0.2) is 0 Å². The van der Waals surface area contributed by atoms with Crippen LogP contribution in [0.1, 0.15) is 30.9 Å². The number of anilines is 1. The number of hydrogen-bond acceptors (Lipinski definition) is 4. The topological polar surface area (TPSA) is 80.0 Å². The molecule has 102 valence electrons. The van der Waals surface area contributed by atoms with E-state index in [0.717, 1.165) is 18.4 Å². The number of nitrogens with zero attached hydrogens (tertiary/aromatic N) is 1. The molecule has 0 radical (unpaired) electrons. The van der Waals surface area contributed by atoms with Gasteiger partial charge in [-0.2, -0.15) is 0 Å². The first-order chi connectivity index (χ1) is 8.99. The number of pyridine rings is 1. The second-order valence-corrected chi connectivity index (χ2v) is 5.30. The van der Waals surface area contributed by atoms with Gasteiger partial charge in [0.05, 0.1) is 5.56 Å². The molecule has 19 heavy (non-hydrogen) atoms. The van der Waals surface area contributed by atoms with E-state index < -0.39 is 0 Å². The monoisotopic (exact) mass is 278 g/mol. The van der Waals surface area contributed by atoms with E-state index >= 15 is 0 Å². The Morgan fingerprint density at radius 2 is 2.26 bits per heavy atom. The molecule has 6 heteroatoms. The first kappa shape index (κ1) is 13.7. The Kier molecular flexibility index (Phi) is 3.99. The van der Waals surface area contributed by atoms with Gasteiger partial charge in [0.25, 0.3) is 0 Å². The molecule has 2 rings (SSSR count). The standard InChI is InChI=1S/C13H18N4OS/c1-7-5-6-15-12(10(7)11(14)19)16-8(2)13(18)17-9-3-4-9/h5-6,8-9H,3-4H2,1-2H3,(H2,14,19)(H,15,16)(H,17,18). The highest BCUT2D eigenvalue weighted by Crippen LogP contribution is 2.20. The van der Waals surface area contributed by atoms with Crippen LogP contribution in [0.25, 0.3) is 0 Å². The maximum Gasteiger partial charge on any atom is 0.242 e. The van der Waals surface area contributed by atoms with Crippen LogP contribution in [0.3, 0.4) is 0 Å². The fourth-order valence-electron chi connectivity index (χ4n) is 1.80. The van der Waals surface area contributed by atoms with Crippen molar-refractivity contribution in [3.8, 4) is 0 Å². The lowest BCUT2D eigenvalue weighted by atomic mass is 10.1. The maximum absolute atomic E-state index is 11.9. The van der Waals surface area contributed by atoms with Crippen molar-refractivity contribution in [2.24, 2.45) is 5.73 Å². The van der Waals surface area contributed by atoms with E-state index in [0.29, 0.717) is 17.4 Å². The van der Waals surface area contributed by atoms with Crippen LogP contribution in [0.4, 0.5) is 5.82 Å². The van der Waals surface area contributed by atoms with E-state index in [1.807, 2.05) is 13.0 Å². The summed E-state index contributed by atoms with van der Waals surface area (Å²) in [5, 5.41) is 6.02. The number of rotatable bonds is 5. The van der Waals surface area contributed by atoms with Crippen molar-refractivity contribution in [3.05, 3.63) is 23.4 Å². The Morgan fingerprint density at radius 3 is 2.84 bits per heavy atom. The number of amides is 1. The number of nitrogens with one attached hydrogen (secondary N) is 2. The molecule has 1 heterocycles. The molecule has 5 nitrogen and oxygen atoms in total. The molecule has 0 bridgehead atoms. The average Bonchev–Trinajstić information content (AvgIpc) is 3.12. The van der Waals surface area contributed by atoms with Crippen LogP contribution < -0.4 is 16.4 Å². The first-order valence-electron chi connectivity index (χ1n) is 6.31. The molecule has 0 aromatic carbocycles. The summed E-state index contributed by atoms with van der Waals surface area (Å²) < 4.78 is 0. The van der Waals surface area contributed by atoms with E-state index in [2.05, 4.69) is 15.6 Å². The molecule has 0 saturated heterocycles. The summed E-state index contributed by atoms with van der Waals surface area (Å²) in [6.45, 7) is 3.71. The summed E-state index contributed by atoms with van der Waals surface area (Å²) >= 11 is 5.03. The van der Waals surface area contributed by atoms with Crippen molar-refractivity contribution in [1.29, 1.82) is 0 Å². The maximum atomic E-state index is 11.9. The molecule has 0 spiro atoms. The zero-order chi connectivity index (χ0) is 14.0. The second kappa shape index (κ2) is 5.52. The predicted molar refractivity (Wildman–Crippen MR) is 79.1 cm³/mol. The number of carbonyl (C=O) groups excluding carboxylic acids is 1. The van der Waals surface area contributed by atoms with E-state index in [1.54, 1.807) is 13.1 Å². The molecular formula is C13H18N4OS. The largest absolute Gasteiger partial charge is 0.389 e. The molecular weight excluding hydrogens is 260 g/mol. The molecule has 1 aliphatic rings. The van der Waals surface area contributed by atoms with Gasteiger partial charge in [-0.1, -0.05) is 12.2 Å². The summed E-state index contributed by atoms with van der Waals surface area (Å²) in [5.74, 6) is 0.533. The predicted octanol–water partition coefficient (Wildman–Crippen LogP) is 1.10. The molecule has 1 aromatic heterocycles. The van der Waals surface area contributed by atoms with Crippen LogP contribution in [0, 0.1) is 6.92 Å². The normalized spacial score (nSPS) is 15.7. The van der Waals surface area contributed by atoms with Gasteiger partial charge >= 0.3 is 0 Å². The van der Waals surface area contributed by atoms with Gasteiger partial charge in [-0.15, -0.1) is 0 Å². The van der Waals surface area contributed by atoms with Gasteiger partial charge in [-0.25, -0.2) is 4.98 Å². The van der Waals surface area contributed by atoms with Gasteiger partial charge in [0.2, 0.25) is 5.91 Å². The molecule has 1 amide bonds. The molecule has 1 aliphatic carbocycles. The Hall–Kier alpha value is -1.69. The zero-order valence-electron chi connectivity index (χ0n) is 11.1. The van der Waals surface area contributed by atoms with Crippen molar-refractivity contribution >= 4 is 28.9 Å². The van der Waals surface area contributed by atoms with Crippen LogP contribution in [-0.2, 0) is 4.79 Å². The number of nitrogens with two attached hydrogens (primary N) is 1. The number of carbonyl (C=O) groups is 1. The number of aromatic nitrogens is 1. The quantitative estimate of drug-likeness (QED) is 0.703. The highest BCUT2D eigenvalue weighted by Gasteiger charge is 2.26. The van der Waals surface area contributed by atoms with Crippen molar-refractivity contribution in [2.75, 3.05) is 5.32 Å². The van der Waals surface area contributed by atoms with Gasteiger partial charge < -0.3 is 16.4 Å². The number of hydrogen-bond donors (Lipinski definition) is 3. The third-order valence-electron chi connectivity index (χ3n) is 3.08. The van der Waals surface area contributed by atoms with Gasteiger partial charge in [-0.05, 0) is 38.3 Å². The molecule has 1 fully saturated rings. The number of aryl methyl sites for hydroxylation is 1. The van der Waals surface area contributed by atoms with Crippen molar-refractivity contribution in [2.45, 2.75) is 38.8 Å². The van der Waals surface area contributed by atoms with E-state index in [-0.39, 0.29) is 16.9 Å². The second-order valence-electron chi connectivity index (χ2n) is 4.86. The molecule has 1 aromatic rings. The van der Waals surface area contributed by atoms with E-state index in [4.69, 9.17) is 18.0 Å². The highest BCUT2D eigenvalue weighted by atomic mass is 32.1. The SMILES string of the molecule is Cc1ccnc(NC(C)C(=O)NC2CC2)c1C(N)=S. The lowest BCUT2D eigenvalue weighted by molar-refractivity contribution is -0.121. The van der Waals surface area contributed by atoms with Gasteiger partial charge in [-0.3, -0.25) is 4.79 Å². The Morgan fingerprint density at radius 1 is 1.58 bits per heavy atom.